The third-order valence-corrected chi connectivity index (χ3v) is 5.47. The van der Waals surface area contributed by atoms with Crippen molar-refractivity contribution in [2.24, 2.45) is 0 Å². The van der Waals surface area contributed by atoms with Crippen molar-refractivity contribution in [3.05, 3.63) is 76.3 Å². The summed E-state index contributed by atoms with van der Waals surface area (Å²) in [5.41, 5.74) is 4.55. The fraction of sp³-hybridized carbons (Fsp3) is 0.261. The van der Waals surface area contributed by atoms with E-state index in [1.54, 1.807) is 17.0 Å². The summed E-state index contributed by atoms with van der Waals surface area (Å²) in [5, 5.41) is 7.91. The first-order valence-electron chi connectivity index (χ1n) is 9.93. The Balaban J connectivity index is 1.80. The predicted octanol–water partition coefficient (Wildman–Crippen LogP) is 5.61. The van der Waals surface area contributed by atoms with Gasteiger partial charge in [0.2, 0.25) is 5.82 Å². The molecule has 7 heteroatoms. The Kier molecular flexibility index (Phi) is 5.59. The molecule has 1 aromatic heterocycles. The number of benzene rings is 2. The van der Waals surface area contributed by atoms with E-state index in [9.17, 15) is 4.79 Å². The Labute approximate surface area is 180 Å². The van der Waals surface area contributed by atoms with E-state index in [1.807, 2.05) is 57.2 Å². The summed E-state index contributed by atoms with van der Waals surface area (Å²) in [5.74, 6) is 0.868. The van der Waals surface area contributed by atoms with Gasteiger partial charge in [-0.1, -0.05) is 53.5 Å². The van der Waals surface area contributed by atoms with Gasteiger partial charge in [0, 0.05) is 22.8 Å². The van der Waals surface area contributed by atoms with Crippen LogP contribution in [0.4, 0.5) is 4.79 Å². The summed E-state index contributed by atoms with van der Waals surface area (Å²) in [6.07, 6.45) is 0.840. The number of amides is 2. The highest BCUT2D eigenvalue weighted by molar-refractivity contribution is 6.30. The van der Waals surface area contributed by atoms with Gasteiger partial charge >= 0.3 is 6.03 Å². The molecule has 0 saturated heterocycles. The average Bonchev–Trinajstić information content (AvgIpc) is 3.21. The lowest BCUT2D eigenvalue weighted by atomic mass is 9.94. The number of carbonyl (C=O) groups is 1. The molecule has 0 bridgehead atoms. The highest BCUT2D eigenvalue weighted by atomic mass is 35.5. The monoisotopic (exact) mass is 422 g/mol. The van der Waals surface area contributed by atoms with Crippen LogP contribution >= 0.6 is 11.6 Å². The van der Waals surface area contributed by atoms with E-state index in [2.05, 4.69) is 15.5 Å². The number of aromatic nitrogens is 2. The molecular weight excluding hydrogens is 400 g/mol. The minimum atomic E-state index is -0.371. The van der Waals surface area contributed by atoms with Gasteiger partial charge in [0.05, 0.1) is 11.6 Å². The van der Waals surface area contributed by atoms with Crippen LogP contribution in [0.15, 0.2) is 58.8 Å². The maximum absolute atomic E-state index is 12.8. The molecular formula is C23H23ClN4O2. The summed E-state index contributed by atoms with van der Waals surface area (Å²) in [7, 11) is 0. The molecule has 6 nitrogen and oxygen atoms in total. The molecule has 0 saturated carbocycles. The van der Waals surface area contributed by atoms with Crippen molar-refractivity contribution in [1.29, 1.82) is 0 Å². The van der Waals surface area contributed by atoms with Crippen LogP contribution in [0, 0.1) is 6.92 Å². The van der Waals surface area contributed by atoms with Gasteiger partial charge in [0.1, 0.15) is 0 Å². The van der Waals surface area contributed by atoms with Crippen LogP contribution in [0.1, 0.15) is 43.3 Å². The molecule has 0 aliphatic carbocycles. The summed E-state index contributed by atoms with van der Waals surface area (Å²) in [4.78, 5) is 19.2. The molecule has 2 aromatic carbocycles. The zero-order valence-corrected chi connectivity index (χ0v) is 17.9. The number of allylic oxidation sites excluding steroid dienone is 1. The van der Waals surface area contributed by atoms with Crippen molar-refractivity contribution in [3.8, 4) is 11.4 Å². The first-order valence-corrected chi connectivity index (χ1v) is 10.3. The highest BCUT2D eigenvalue weighted by Gasteiger charge is 2.35. The van der Waals surface area contributed by atoms with Crippen molar-refractivity contribution >= 4 is 23.2 Å². The standard InChI is InChI=1S/C23H23ClN4O2/c1-4-13-28-15(3)19(20(25-23(28)29)16-7-5-14(2)6-8-16)22-26-21(27-30-22)17-9-11-18(24)12-10-17/h5-12,20H,4,13H2,1-3H3,(H,25,29). The van der Waals surface area contributed by atoms with Crippen LogP contribution in [0.3, 0.4) is 0 Å². The molecule has 154 valence electrons. The van der Waals surface area contributed by atoms with Crippen LogP contribution in [0.25, 0.3) is 17.0 Å². The summed E-state index contributed by atoms with van der Waals surface area (Å²) in [6, 6.07) is 14.9. The largest absolute Gasteiger partial charge is 0.334 e. The molecule has 0 fully saturated rings. The Morgan fingerprint density at radius 2 is 1.80 bits per heavy atom. The highest BCUT2D eigenvalue weighted by Crippen LogP contribution is 2.37. The van der Waals surface area contributed by atoms with Gasteiger partial charge in [0.15, 0.2) is 0 Å². The van der Waals surface area contributed by atoms with Gasteiger partial charge in [-0.2, -0.15) is 4.98 Å². The number of hydrogen-bond donors (Lipinski definition) is 1. The lowest BCUT2D eigenvalue weighted by Gasteiger charge is -2.35. The van der Waals surface area contributed by atoms with Gasteiger partial charge in [-0.3, -0.25) is 4.90 Å². The van der Waals surface area contributed by atoms with Gasteiger partial charge in [0.25, 0.3) is 5.89 Å². The van der Waals surface area contributed by atoms with E-state index < -0.39 is 0 Å². The molecule has 2 heterocycles. The summed E-state index contributed by atoms with van der Waals surface area (Å²) in [6.45, 7) is 6.61. The molecule has 2 amide bonds. The fourth-order valence-electron chi connectivity index (χ4n) is 3.61. The average molecular weight is 423 g/mol. The Morgan fingerprint density at radius 3 is 2.47 bits per heavy atom. The van der Waals surface area contributed by atoms with Gasteiger partial charge in [-0.25, -0.2) is 4.79 Å². The molecule has 1 atom stereocenters. The second-order valence-corrected chi connectivity index (χ2v) is 7.81. The predicted molar refractivity (Wildman–Crippen MR) is 117 cm³/mol. The molecule has 0 radical (unpaired) electrons. The normalized spacial score (nSPS) is 16.7. The number of aryl methyl sites for hydroxylation is 1. The zero-order chi connectivity index (χ0) is 21.3. The van der Waals surface area contributed by atoms with E-state index in [0.717, 1.165) is 34.4 Å². The molecule has 0 spiro atoms. The Morgan fingerprint density at radius 1 is 1.10 bits per heavy atom. The Bertz CT molecular complexity index is 1090. The third kappa shape index (κ3) is 3.83. The number of urea groups is 1. The van der Waals surface area contributed by atoms with Crippen molar-refractivity contribution in [3.63, 3.8) is 0 Å². The van der Waals surface area contributed by atoms with E-state index in [1.165, 1.54) is 0 Å². The van der Waals surface area contributed by atoms with E-state index in [4.69, 9.17) is 16.1 Å². The van der Waals surface area contributed by atoms with Crippen molar-refractivity contribution in [2.45, 2.75) is 33.2 Å². The summed E-state index contributed by atoms with van der Waals surface area (Å²) < 4.78 is 5.67. The maximum Gasteiger partial charge on any atom is 0.322 e. The fourth-order valence-corrected chi connectivity index (χ4v) is 3.74. The van der Waals surface area contributed by atoms with Crippen LogP contribution < -0.4 is 5.32 Å². The number of nitrogens with zero attached hydrogens (tertiary/aromatic N) is 3. The molecule has 30 heavy (non-hydrogen) atoms. The number of hydrogen-bond acceptors (Lipinski definition) is 4. The zero-order valence-electron chi connectivity index (χ0n) is 17.1. The first-order chi connectivity index (χ1) is 14.5. The molecule has 1 N–H and O–H groups in total. The number of halogens is 1. The quantitative estimate of drug-likeness (QED) is 0.580. The topological polar surface area (TPSA) is 71.3 Å². The van der Waals surface area contributed by atoms with E-state index >= 15 is 0 Å². The summed E-state index contributed by atoms with van der Waals surface area (Å²) >= 11 is 5.99. The minimum Gasteiger partial charge on any atom is -0.334 e. The van der Waals surface area contributed by atoms with E-state index in [0.29, 0.717) is 23.3 Å². The number of carbonyl (C=O) groups excluding carboxylic acids is 1. The first kappa shape index (κ1) is 20.2. The second kappa shape index (κ2) is 8.32. The van der Waals surface area contributed by atoms with Crippen molar-refractivity contribution in [2.75, 3.05) is 6.54 Å². The third-order valence-electron chi connectivity index (χ3n) is 5.21. The lowest BCUT2D eigenvalue weighted by molar-refractivity contribution is 0.205. The second-order valence-electron chi connectivity index (χ2n) is 7.37. The van der Waals surface area contributed by atoms with E-state index in [-0.39, 0.29) is 12.1 Å². The van der Waals surface area contributed by atoms with Crippen LogP contribution in [0.2, 0.25) is 5.02 Å². The minimum absolute atomic E-state index is 0.124. The van der Waals surface area contributed by atoms with Crippen LogP contribution in [0.5, 0.6) is 0 Å². The molecule has 1 aliphatic rings. The Hall–Kier alpha value is -3.12. The van der Waals surface area contributed by atoms with Crippen LogP contribution in [-0.2, 0) is 0 Å². The molecule has 3 aromatic rings. The van der Waals surface area contributed by atoms with Crippen molar-refractivity contribution in [1.82, 2.24) is 20.4 Å². The molecule has 1 aliphatic heterocycles. The van der Waals surface area contributed by atoms with Gasteiger partial charge in [-0.05, 0) is 50.1 Å². The van der Waals surface area contributed by atoms with Gasteiger partial charge in [-0.15, -0.1) is 0 Å². The number of rotatable bonds is 5. The molecule has 4 rings (SSSR count). The smallest absolute Gasteiger partial charge is 0.322 e. The van der Waals surface area contributed by atoms with Gasteiger partial charge < -0.3 is 9.84 Å². The SMILES string of the molecule is CCCN1C(=O)NC(c2ccc(C)cc2)C(c2nc(-c3ccc(Cl)cc3)no2)=C1C. The molecule has 1 unspecified atom stereocenters. The van der Waals surface area contributed by atoms with Crippen LogP contribution in [-0.4, -0.2) is 27.6 Å². The van der Waals surface area contributed by atoms with Crippen molar-refractivity contribution < 1.29 is 9.32 Å². The lowest BCUT2D eigenvalue weighted by Crippen LogP contribution is -2.46. The maximum atomic E-state index is 12.8. The number of nitrogens with one attached hydrogen (secondary N) is 1.